The molecule has 0 atom stereocenters. The van der Waals surface area contributed by atoms with Crippen molar-refractivity contribution >= 4 is 13.7 Å². The SMILES string of the molecule is CCCOCCC[Si](OCC)(OCC)c1ccccc1. The molecule has 0 saturated carbocycles. The van der Waals surface area contributed by atoms with Crippen molar-refractivity contribution in [3.05, 3.63) is 30.3 Å². The fourth-order valence-electron chi connectivity index (χ4n) is 2.31. The third kappa shape index (κ3) is 5.36. The number of rotatable bonds is 11. The van der Waals surface area contributed by atoms with Crippen LogP contribution in [0.1, 0.15) is 33.6 Å². The Morgan fingerprint density at radius 3 is 2.10 bits per heavy atom. The molecule has 0 spiro atoms. The summed E-state index contributed by atoms with van der Waals surface area (Å²) in [4.78, 5) is 0. The Morgan fingerprint density at radius 1 is 0.900 bits per heavy atom. The Bertz CT molecular complexity index is 337. The van der Waals surface area contributed by atoms with Gasteiger partial charge in [-0.1, -0.05) is 37.3 Å². The summed E-state index contributed by atoms with van der Waals surface area (Å²) in [5, 5.41) is 1.22. The average Bonchev–Trinajstić information content (AvgIpc) is 2.48. The van der Waals surface area contributed by atoms with E-state index in [0.717, 1.165) is 32.1 Å². The summed E-state index contributed by atoms with van der Waals surface area (Å²) in [6.45, 7) is 9.21. The number of hydrogen-bond acceptors (Lipinski definition) is 3. The molecule has 0 bridgehead atoms. The smallest absolute Gasteiger partial charge is 0.372 e. The predicted octanol–water partition coefficient (Wildman–Crippen LogP) is 3.23. The molecule has 0 radical (unpaired) electrons. The molecule has 114 valence electrons. The second kappa shape index (κ2) is 10.1. The molecule has 0 aromatic heterocycles. The van der Waals surface area contributed by atoms with Gasteiger partial charge < -0.3 is 13.6 Å². The molecule has 1 rings (SSSR count). The van der Waals surface area contributed by atoms with E-state index in [-0.39, 0.29) is 0 Å². The highest BCUT2D eigenvalue weighted by molar-refractivity contribution is 6.81. The molecule has 0 aliphatic heterocycles. The van der Waals surface area contributed by atoms with Crippen LogP contribution in [-0.4, -0.2) is 35.0 Å². The van der Waals surface area contributed by atoms with E-state index in [1.54, 1.807) is 0 Å². The summed E-state index contributed by atoms with van der Waals surface area (Å²) in [6.07, 6.45) is 2.05. The predicted molar refractivity (Wildman–Crippen MR) is 85.6 cm³/mol. The van der Waals surface area contributed by atoms with Crippen LogP contribution in [0.5, 0.6) is 0 Å². The second-order valence-electron chi connectivity index (χ2n) is 4.70. The minimum Gasteiger partial charge on any atom is -0.391 e. The van der Waals surface area contributed by atoms with Crippen molar-refractivity contribution in [2.45, 2.75) is 39.7 Å². The molecule has 0 amide bonds. The quantitative estimate of drug-likeness (QED) is 0.463. The molecule has 1 aromatic carbocycles. The van der Waals surface area contributed by atoms with Gasteiger partial charge in [-0.15, -0.1) is 0 Å². The van der Waals surface area contributed by atoms with Crippen molar-refractivity contribution in [2.75, 3.05) is 26.4 Å². The van der Waals surface area contributed by atoms with Crippen LogP contribution in [0.4, 0.5) is 0 Å². The Balaban J connectivity index is 2.72. The van der Waals surface area contributed by atoms with E-state index in [9.17, 15) is 0 Å². The molecular weight excluding hydrogens is 268 g/mol. The third-order valence-electron chi connectivity index (χ3n) is 3.11. The largest absolute Gasteiger partial charge is 0.391 e. The maximum Gasteiger partial charge on any atom is 0.372 e. The monoisotopic (exact) mass is 296 g/mol. The van der Waals surface area contributed by atoms with Crippen LogP contribution >= 0.6 is 0 Å². The van der Waals surface area contributed by atoms with Crippen LogP contribution in [0, 0.1) is 0 Å². The van der Waals surface area contributed by atoms with Crippen molar-refractivity contribution in [2.24, 2.45) is 0 Å². The zero-order valence-electron chi connectivity index (χ0n) is 13.1. The molecule has 0 N–H and O–H groups in total. The van der Waals surface area contributed by atoms with Gasteiger partial charge in [-0.3, -0.25) is 0 Å². The fraction of sp³-hybridized carbons (Fsp3) is 0.625. The van der Waals surface area contributed by atoms with Gasteiger partial charge in [-0.05, 0) is 37.9 Å². The van der Waals surface area contributed by atoms with Crippen molar-refractivity contribution < 1.29 is 13.6 Å². The first-order valence-electron chi connectivity index (χ1n) is 7.70. The van der Waals surface area contributed by atoms with Gasteiger partial charge >= 0.3 is 8.56 Å². The lowest BCUT2D eigenvalue weighted by molar-refractivity contribution is 0.130. The highest BCUT2D eigenvalue weighted by atomic mass is 28.4. The molecular formula is C16H28O3Si. The maximum absolute atomic E-state index is 6.12. The number of ether oxygens (including phenoxy) is 1. The van der Waals surface area contributed by atoms with E-state index in [1.165, 1.54) is 5.19 Å². The lowest BCUT2D eigenvalue weighted by Crippen LogP contribution is -2.54. The normalized spacial score (nSPS) is 11.8. The van der Waals surface area contributed by atoms with Crippen molar-refractivity contribution in [3.8, 4) is 0 Å². The summed E-state index contributed by atoms with van der Waals surface area (Å²) in [5.41, 5.74) is 0. The lowest BCUT2D eigenvalue weighted by atomic mass is 10.4. The van der Waals surface area contributed by atoms with Crippen LogP contribution in [-0.2, 0) is 13.6 Å². The van der Waals surface area contributed by atoms with E-state index in [4.69, 9.17) is 13.6 Å². The molecule has 0 aliphatic rings. The number of benzene rings is 1. The first-order valence-corrected chi connectivity index (χ1v) is 9.72. The Labute approximate surface area is 124 Å². The zero-order valence-corrected chi connectivity index (χ0v) is 14.1. The van der Waals surface area contributed by atoms with E-state index in [0.29, 0.717) is 13.2 Å². The minimum atomic E-state index is -2.31. The van der Waals surface area contributed by atoms with E-state index in [2.05, 4.69) is 31.2 Å². The summed E-state index contributed by atoms with van der Waals surface area (Å²) in [6, 6.07) is 11.4. The van der Waals surface area contributed by atoms with Gasteiger partial charge in [-0.2, -0.15) is 0 Å². The lowest BCUT2D eigenvalue weighted by Gasteiger charge is -2.30. The number of hydrogen-bond donors (Lipinski definition) is 0. The molecule has 3 nitrogen and oxygen atoms in total. The summed E-state index contributed by atoms with van der Waals surface area (Å²) in [7, 11) is -2.31. The first kappa shape index (κ1) is 17.4. The molecule has 0 unspecified atom stereocenters. The molecule has 0 aliphatic carbocycles. The Kier molecular flexibility index (Phi) is 8.77. The molecule has 0 fully saturated rings. The van der Waals surface area contributed by atoms with Crippen LogP contribution in [0.3, 0.4) is 0 Å². The molecule has 4 heteroatoms. The van der Waals surface area contributed by atoms with Crippen molar-refractivity contribution in [3.63, 3.8) is 0 Å². The third-order valence-corrected chi connectivity index (χ3v) is 6.85. The highest BCUT2D eigenvalue weighted by Gasteiger charge is 2.38. The Hall–Kier alpha value is -0.683. The molecule has 20 heavy (non-hydrogen) atoms. The molecule has 0 saturated heterocycles. The van der Waals surface area contributed by atoms with Gasteiger partial charge in [-0.25, -0.2) is 0 Å². The fourth-order valence-corrected chi connectivity index (χ4v) is 5.55. The Morgan fingerprint density at radius 2 is 1.55 bits per heavy atom. The van der Waals surface area contributed by atoms with Crippen LogP contribution in [0.25, 0.3) is 0 Å². The standard InChI is InChI=1S/C16H28O3Si/c1-4-13-17-14-10-15-20(18-5-2,19-6-3)16-11-8-7-9-12-16/h7-9,11-12H,4-6,10,13-15H2,1-3H3. The van der Waals surface area contributed by atoms with Crippen molar-refractivity contribution in [1.29, 1.82) is 0 Å². The molecule has 1 aromatic rings. The van der Waals surface area contributed by atoms with Gasteiger partial charge in [0, 0.05) is 26.4 Å². The van der Waals surface area contributed by atoms with Crippen LogP contribution in [0.15, 0.2) is 30.3 Å². The summed E-state index contributed by atoms with van der Waals surface area (Å²) < 4.78 is 17.8. The average molecular weight is 296 g/mol. The van der Waals surface area contributed by atoms with Gasteiger partial charge in [0.05, 0.1) is 0 Å². The maximum atomic E-state index is 6.12. The van der Waals surface area contributed by atoms with E-state index < -0.39 is 8.56 Å². The highest BCUT2D eigenvalue weighted by Crippen LogP contribution is 2.17. The first-order chi connectivity index (χ1) is 9.79. The van der Waals surface area contributed by atoms with Crippen LogP contribution < -0.4 is 5.19 Å². The topological polar surface area (TPSA) is 27.7 Å². The van der Waals surface area contributed by atoms with Gasteiger partial charge in [0.25, 0.3) is 0 Å². The van der Waals surface area contributed by atoms with Crippen LogP contribution in [0.2, 0.25) is 6.04 Å². The van der Waals surface area contributed by atoms with Gasteiger partial charge in [0.1, 0.15) is 0 Å². The zero-order chi connectivity index (χ0) is 14.7. The minimum absolute atomic E-state index is 0.691. The van der Waals surface area contributed by atoms with Gasteiger partial charge in [0.2, 0.25) is 0 Å². The summed E-state index contributed by atoms with van der Waals surface area (Å²) in [5.74, 6) is 0. The van der Waals surface area contributed by atoms with E-state index in [1.807, 2.05) is 19.9 Å². The molecule has 0 heterocycles. The second-order valence-corrected chi connectivity index (χ2v) is 7.86. The van der Waals surface area contributed by atoms with Gasteiger partial charge in [0.15, 0.2) is 0 Å². The van der Waals surface area contributed by atoms with E-state index >= 15 is 0 Å². The summed E-state index contributed by atoms with van der Waals surface area (Å²) >= 11 is 0. The van der Waals surface area contributed by atoms with Crippen molar-refractivity contribution in [1.82, 2.24) is 0 Å².